The molecule has 0 radical (unpaired) electrons. The summed E-state index contributed by atoms with van der Waals surface area (Å²) < 4.78 is 5.35. The zero-order valence-corrected chi connectivity index (χ0v) is 13.5. The third kappa shape index (κ3) is 2.71. The third-order valence-electron chi connectivity index (χ3n) is 4.95. The molecule has 1 aliphatic carbocycles. The monoisotopic (exact) mass is 320 g/mol. The van der Waals surface area contributed by atoms with Crippen LogP contribution in [0.1, 0.15) is 37.7 Å². The highest BCUT2D eigenvalue weighted by atomic mass is 16.6. The number of aliphatic hydroxyl groups excluding tert-OH is 1. The van der Waals surface area contributed by atoms with E-state index in [0.717, 1.165) is 23.6 Å². The van der Waals surface area contributed by atoms with Crippen molar-refractivity contribution in [1.29, 1.82) is 0 Å². The van der Waals surface area contributed by atoms with Crippen LogP contribution in [0.15, 0.2) is 60.1 Å². The van der Waals surface area contributed by atoms with Crippen LogP contribution in [0.3, 0.4) is 0 Å². The van der Waals surface area contributed by atoms with Gasteiger partial charge >= 0.3 is 5.97 Å². The zero-order valence-electron chi connectivity index (χ0n) is 13.5. The van der Waals surface area contributed by atoms with Crippen molar-refractivity contribution in [2.75, 3.05) is 0 Å². The van der Waals surface area contributed by atoms with Crippen LogP contribution in [-0.4, -0.2) is 11.1 Å². The lowest BCUT2D eigenvalue weighted by Gasteiger charge is -2.18. The third-order valence-corrected chi connectivity index (χ3v) is 4.95. The number of allylic oxidation sites excluding steroid dienone is 1. The Morgan fingerprint density at radius 2 is 1.75 bits per heavy atom. The summed E-state index contributed by atoms with van der Waals surface area (Å²) in [5.41, 5.74) is 0.964. The molecule has 2 aromatic carbocycles. The van der Waals surface area contributed by atoms with E-state index in [9.17, 15) is 9.90 Å². The van der Waals surface area contributed by atoms with Gasteiger partial charge in [-0.1, -0.05) is 55.7 Å². The molecule has 3 nitrogen and oxygen atoms in total. The average Bonchev–Trinajstić information content (AvgIpc) is 2.89. The van der Waals surface area contributed by atoms with Gasteiger partial charge in [0.2, 0.25) is 0 Å². The van der Waals surface area contributed by atoms with Crippen molar-refractivity contribution in [3.63, 3.8) is 0 Å². The predicted octanol–water partition coefficient (Wildman–Crippen LogP) is 5.13. The molecule has 2 aromatic rings. The number of carbonyl (C=O) groups is 1. The van der Waals surface area contributed by atoms with Crippen LogP contribution in [0.5, 0.6) is 0 Å². The lowest BCUT2D eigenvalue weighted by molar-refractivity contribution is -0.131. The fourth-order valence-electron chi connectivity index (χ4n) is 3.65. The molecular weight excluding hydrogens is 300 g/mol. The molecule has 1 heterocycles. The van der Waals surface area contributed by atoms with Gasteiger partial charge in [-0.05, 0) is 47.2 Å². The minimum absolute atomic E-state index is 0.0270. The first-order chi connectivity index (χ1) is 11.7. The van der Waals surface area contributed by atoms with E-state index in [-0.39, 0.29) is 11.3 Å². The highest BCUT2D eigenvalue weighted by molar-refractivity contribution is 6.21. The van der Waals surface area contributed by atoms with E-state index in [1.807, 2.05) is 48.5 Å². The maximum absolute atomic E-state index is 12.3. The van der Waals surface area contributed by atoms with Crippen molar-refractivity contribution < 1.29 is 14.6 Å². The number of benzene rings is 2. The number of cyclic esters (lactones) is 1. The highest BCUT2D eigenvalue weighted by Gasteiger charge is 2.32. The molecule has 0 aromatic heterocycles. The van der Waals surface area contributed by atoms with E-state index in [2.05, 4.69) is 0 Å². The molecular formula is C21H20O3. The number of carbonyl (C=O) groups excluding carboxylic acids is 1. The molecule has 4 rings (SSSR count). The summed E-state index contributed by atoms with van der Waals surface area (Å²) >= 11 is 0. The van der Waals surface area contributed by atoms with Crippen molar-refractivity contribution in [3.8, 4) is 0 Å². The topological polar surface area (TPSA) is 46.5 Å². The SMILES string of the molecule is O=C1O/C(=C\C2CCCCC2)C(O)=C1c1ccc2ccccc2c1. The van der Waals surface area contributed by atoms with Gasteiger partial charge in [0.1, 0.15) is 5.57 Å². The van der Waals surface area contributed by atoms with Gasteiger partial charge in [0.25, 0.3) is 0 Å². The fraction of sp³-hybridized carbons (Fsp3) is 0.286. The Bertz CT molecular complexity index is 854. The number of aliphatic hydroxyl groups is 1. The molecule has 0 bridgehead atoms. The predicted molar refractivity (Wildman–Crippen MR) is 94.2 cm³/mol. The largest absolute Gasteiger partial charge is 0.504 e. The second-order valence-corrected chi connectivity index (χ2v) is 6.60. The minimum atomic E-state index is -0.468. The van der Waals surface area contributed by atoms with E-state index in [0.29, 0.717) is 17.2 Å². The smallest absolute Gasteiger partial charge is 0.348 e. The van der Waals surface area contributed by atoms with E-state index < -0.39 is 5.97 Å². The normalized spacial score (nSPS) is 20.8. The molecule has 1 saturated carbocycles. The van der Waals surface area contributed by atoms with Crippen molar-refractivity contribution in [1.82, 2.24) is 0 Å². The molecule has 3 heteroatoms. The van der Waals surface area contributed by atoms with Gasteiger partial charge in [0.15, 0.2) is 11.5 Å². The number of ether oxygens (including phenoxy) is 1. The summed E-state index contributed by atoms with van der Waals surface area (Å²) in [5.74, 6) is 0.223. The van der Waals surface area contributed by atoms with Gasteiger partial charge < -0.3 is 9.84 Å². The standard InChI is InChI=1S/C21H20O3/c22-20-18(12-14-6-2-1-3-7-14)24-21(23)19(20)17-11-10-15-8-4-5-9-16(15)13-17/h4-5,8-14,22H,1-3,6-7H2/b18-12-. The molecule has 0 spiro atoms. The van der Waals surface area contributed by atoms with Crippen molar-refractivity contribution in [3.05, 3.63) is 65.6 Å². The van der Waals surface area contributed by atoms with E-state index in [1.165, 1.54) is 19.3 Å². The molecule has 1 N–H and O–H groups in total. The van der Waals surface area contributed by atoms with Crippen LogP contribution in [0, 0.1) is 5.92 Å². The number of hydrogen-bond acceptors (Lipinski definition) is 3. The number of fused-ring (bicyclic) bond motifs is 1. The Morgan fingerprint density at radius 1 is 1.00 bits per heavy atom. The Labute approximate surface area is 141 Å². The van der Waals surface area contributed by atoms with E-state index in [1.54, 1.807) is 0 Å². The quantitative estimate of drug-likeness (QED) is 0.780. The van der Waals surface area contributed by atoms with Crippen LogP contribution in [-0.2, 0) is 9.53 Å². The molecule has 0 atom stereocenters. The summed E-state index contributed by atoms with van der Waals surface area (Å²) in [7, 11) is 0. The molecule has 24 heavy (non-hydrogen) atoms. The molecule has 0 amide bonds. The lowest BCUT2D eigenvalue weighted by Crippen LogP contribution is -2.05. The van der Waals surface area contributed by atoms with Gasteiger partial charge in [-0.15, -0.1) is 0 Å². The Hall–Kier alpha value is -2.55. The van der Waals surface area contributed by atoms with E-state index in [4.69, 9.17) is 4.74 Å². The van der Waals surface area contributed by atoms with Crippen LogP contribution < -0.4 is 0 Å². The van der Waals surface area contributed by atoms with Gasteiger partial charge in [0, 0.05) is 0 Å². The maximum atomic E-state index is 12.3. The second-order valence-electron chi connectivity index (χ2n) is 6.60. The summed E-state index contributed by atoms with van der Waals surface area (Å²) in [4.78, 5) is 12.3. The van der Waals surface area contributed by atoms with Crippen LogP contribution >= 0.6 is 0 Å². The first kappa shape index (κ1) is 15.0. The Balaban J connectivity index is 1.71. The zero-order chi connectivity index (χ0) is 16.5. The summed E-state index contributed by atoms with van der Waals surface area (Å²) in [6.45, 7) is 0. The molecule has 122 valence electrons. The molecule has 1 fully saturated rings. The molecule has 1 aliphatic heterocycles. The van der Waals surface area contributed by atoms with Crippen LogP contribution in [0.25, 0.3) is 16.3 Å². The first-order valence-corrected chi connectivity index (χ1v) is 8.59. The number of hydrogen-bond donors (Lipinski definition) is 1. The number of rotatable bonds is 2. The van der Waals surface area contributed by atoms with Crippen LogP contribution in [0.2, 0.25) is 0 Å². The maximum Gasteiger partial charge on any atom is 0.348 e. The second kappa shape index (κ2) is 6.16. The summed E-state index contributed by atoms with van der Waals surface area (Å²) in [6.07, 6.45) is 7.79. The molecule has 0 unspecified atom stereocenters. The van der Waals surface area contributed by atoms with Gasteiger partial charge in [-0.3, -0.25) is 0 Å². The molecule has 0 saturated heterocycles. The van der Waals surface area contributed by atoms with Crippen LogP contribution in [0.4, 0.5) is 0 Å². The van der Waals surface area contributed by atoms with Crippen molar-refractivity contribution >= 4 is 22.3 Å². The Morgan fingerprint density at radius 3 is 2.54 bits per heavy atom. The van der Waals surface area contributed by atoms with E-state index >= 15 is 0 Å². The van der Waals surface area contributed by atoms with Gasteiger partial charge in [-0.2, -0.15) is 0 Å². The number of esters is 1. The minimum Gasteiger partial charge on any atom is -0.504 e. The molecule has 2 aliphatic rings. The summed E-state index contributed by atoms with van der Waals surface area (Å²) in [5, 5.41) is 12.7. The van der Waals surface area contributed by atoms with Gasteiger partial charge in [0.05, 0.1) is 0 Å². The average molecular weight is 320 g/mol. The Kier molecular flexibility index (Phi) is 3.85. The summed E-state index contributed by atoms with van der Waals surface area (Å²) in [6, 6.07) is 13.7. The first-order valence-electron chi connectivity index (χ1n) is 8.59. The lowest BCUT2D eigenvalue weighted by atomic mass is 9.88. The highest BCUT2D eigenvalue weighted by Crippen LogP contribution is 2.35. The van der Waals surface area contributed by atoms with Crippen molar-refractivity contribution in [2.24, 2.45) is 5.92 Å². The fourth-order valence-corrected chi connectivity index (χ4v) is 3.65. The van der Waals surface area contributed by atoms with Crippen molar-refractivity contribution in [2.45, 2.75) is 32.1 Å². The van der Waals surface area contributed by atoms with Gasteiger partial charge in [-0.25, -0.2) is 4.79 Å².